The number of rotatable bonds is 6. The summed E-state index contributed by atoms with van der Waals surface area (Å²) in [6, 6.07) is 13.4. The van der Waals surface area contributed by atoms with Crippen LogP contribution in [-0.4, -0.2) is 47.3 Å². The van der Waals surface area contributed by atoms with E-state index in [0.29, 0.717) is 61.1 Å². The van der Waals surface area contributed by atoms with Gasteiger partial charge in [0.2, 0.25) is 11.7 Å². The second-order valence-electron chi connectivity index (χ2n) is 7.74. The van der Waals surface area contributed by atoms with Crippen molar-refractivity contribution >= 4 is 23.2 Å². The van der Waals surface area contributed by atoms with E-state index in [1.807, 2.05) is 18.2 Å². The highest BCUT2D eigenvalue weighted by atomic mass is 35.5. The average Bonchev–Trinajstić information content (AvgIpc) is 3.27. The summed E-state index contributed by atoms with van der Waals surface area (Å²) in [4.78, 5) is 18.8. The smallest absolute Gasteiger partial charge is 0.255 e. The first-order chi connectivity index (χ1) is 15.0. The highest BCUT2D eigenvalue weighted by Crippen LogP contribution is 2.24. The Hall–Kier alpha value is -2.90. The summed E-state index contributed by atoms with van der Waals surface area (Å²) in [6.45, 7) is 6.93. The number of hydrogen-bond donors (Lipinski definition) is 1. The molecule has 1 amide bonds. The normalized spacial score (nSPS) is 14.1. The van der Waals surface area contributed by atoms with Gasteiger partial charge >= 0.3 is 0 Å². The molecule has 8 heteroatoms. The second kappa shape index (κ2) is 9.49. The fourth-order valence-electron chi connectivity index (χ4n) is 3.37. The van der Waals surface area contributed by atoms with Gasteiger partial charge in [-0.15, -0.1) is 0 Å². The maximum atomic E-state index is 12.6. The van der Waals surface area contributed by atoms with Gasteiger partial charge in [0.05, 0.1) is 30.3 Å². The van der Waals surface area contributed by atoms with Crippen molar-refractivity contribution in [3.63, 3.8) is 0 Å². The van der Waals surface area contributed by atoms with Crippen LogP contribution in [0, 0.1) is 0 Å². The zero-order valence-electron chi connectivity index (χ0n) is 17.6. The number of carbonyl (C=O) groups excluding carboxylic acids is 1. The number of halogens is 1. The zero-order valence-corrected chi connectivity index (χ0v) is 18.4. The van der Waals surface area contributed by atoms with E-state index in [-0.39, 0.29) is 5.91 Å². The molecule has 2 heterocycles. The first kappa shape index (κ1) is 21.3. The number of nitrogens with one attached hydrogen (secondary N) is 1. The lowest BCUT2D eigenvalue weighted by atomic mass is 10.0. The van der Waals surface area contributed by atoms with E-state index in [1.54, 1.807) is 17.0 Å². The number of benzene rings is 2. The van der Waals surface area contributed by atoms with Crippen LogP contribution in [0.25, 0.3) is 11.4 Å². The Morgan fingerprint density at radius 1 is 1.16 bits per heavy atom. The largest absolute Gasteiger partial charge is 0.378 e. The van der Waals surface area contributed by atoms with Crippen molar-refractivity contribution in [1.29, 1.82) is 0 Å². The molecular formula is C23H25ClN4O3. The fraction of sp³-hybridized carbons (Fsp3) is 0.348. The van der Waals surface area contributed by atoms with Gasteiger partial charge in [-0.2, -0.15) is 4.98 Å². The minimum atomic E-state index is -0.0788. The summed E-state index contributed by atoms with van der Waals surface area (Å²) in [5.41, 5.74) is 3.43. The number of morpholine rings is 1. The Morgan fingerprint density at radius 3 is 2.58 bits per heavy atom. The van der Waals surface area contributed by atoms with Crippen molar-refractivity contribution in [2.75, 3.05) is 31.6 Å². The molecule has 0 saturated carbocycles. The molecule has 0 bridgehead atoms. The van der Waals surface area contributed by atoms with Crippen LogP contribution in [0.3, 0.4) is 0 Å². The Labute approximate surface area is 186 Å². The minimum absolute atomic E-state index is 0.0788. The van der Waals surface area contributed by atoms with Gasteiger partial charge in [0.25, 0.3) is 5.91 Å². The van der Waals surface area contributed by atoms with Crippen LogP contribution in [-0.2, 0) is 11.3 Å². The van der Waals surface area contributed by atoms with Gasteiger partial charge in [-0.3, -0.25) is 4.79 Å². The van der Waals surface area contributed by atoms with Crippen molar-refractivity contribution in [3.8, 4) is 11.4 Å². The Kier molecular flexibility index (Phi) is 6.53. The molecule has 1 N–H and O–H groups in total. The van der Waals surface area contributed by atoms with Crippen molar-refractivity contribution in [1.82, 2.24) is 15.0 Å². The van der Waals surface area contributed by atoms with Gasteiger partial charge in [0, 0.05) is 24.3 Å². The average molecular weight is 441 g/mol. The molecule has 0 aliphatic carbocycles. The first-order valence-corrected chi connectivity index (χ1v) is 10.7. The standard InChI is InChI=1S/C23H25ClN4O3/c1-15(2)16-3-5-17(6-4-16)22-26-21(31-27-22)14-25-18-7-8-19(20(24)13-18)23(29)28-9-11-30-12-10-28/h3-8,13,15,25H,9-12,14H2,1-2H3. The third-order valence-electron chi connectivity index (χ3n) is 5.25. The van der Waals surface area contributed by atoms with Crippen LogP contribution in [0.5, 0.6) is 0 Å². The molecule has 162 valence electrons. The summed E-state index contributed by atoms with van der Waals surface area (Å²) in [6.07, 6.45) is 0. The summed E-state index contributed by atoms with van der Waals surface area (Å²) in [5.74, 6) is 1.41. The van der Waals surface area contributed by atoms with Gasteiger partial charge < -0.3 is 19.5 Å². The molecule has 1 fully saturated rings. The van der Waals surface area contributed by atoms with E-state index >= 15 is 0 Å². The Bertz CT molecular complexity index is 1040. The van der Waals surface area contributed by atoms with E-state index in [9.17, 15) is 4.79 Å². The van der Waals surface area contributed by atoms with Crippen LogP contribution >= 0.6 is 11.6 Å². The lowest BCUT2D eigenvalue weighted by Crippen LogP contribution is -2.40. The molecular weight excluding hydrogens is 416 g/mol. The zero-order chi connectivity index (χ0) is 21.8. The number of anilines is 1. The monoisotopic (exact) mass is 440 g/mol. The molecule has 1 aromatic heterocycles. The molecule has 1 aliphatic rings. The van der Waals surface area contributed by atoms with Crippen LogP contribution in [0.4, 0.5) is 5.69 Å². The predicted octanol–water partition coefficient (Wildman–Crippen LogP) is 4.60. The number of hydrogen-bond acceptors (Lipinski definition) is 6. The summed E-state index contributed by atoms with van der Waals surface area (Å²) >= 11 is 6.37. The van der Waals surface area contributed by atoms with E-state index in [2.05, 4.69) is 41.4 Å². The van der Waals surface area contributed by atoms with E-state index in [0.717, 1.165) is 11.3 Å². The Balaban J connectivity index is 1.38. The SMILES string of the molecule is CC(C)c1ccc(-c2noc(CNc3ccc(C(=O)N4CCOCC4)c(Cl)c3)n2)cc1. The van der Waals surface area contributed by atoms with Crippen LogP contribution < -0.4 is 5.32 Å². The van der Waals surface area contributed by atoms with Crippen molar-refractivity contribution in [2.24, 2.45) is 0 Å². The lowest BCUT2D eigenvalue weighted by Gasteiger charge is -2.27. The molecule has 7 nitrogen and oxygen atoms in total. The molecule has 4 rings (SSSR count). The molecule has 2 aromatic carbocycles. The first-order valence-electron chi connectivity index (χ1n) is 10.3. The molecule has 1 aliphatic heterocycles. The van der Waals surface area contributed by atoms with E-state index < -0.39 is 0 Å². The van der Waals surface area contributed by atoms with Gasteiger partial charge in [-0.05, 0) is 29.7 Å². The third-order valence-corrected chi connectivity index (χ3v) is 5.56. The molecule has 0 unspecified atom stereocenters. The number of aromatic nitrogens is 2. The second-order valence-corrected chi connectivity index (χ2v) is 8.15. The lowest BCUT2D eigenvalue weighted by molar-refractivity contribution is 0.0303. The topological polar surface area (TPSA) is 80.5 Å². The van der Waals surface area contributed by atoms with Crippen molar-refractivity contribution in [3.05, 3.63) is 64.5 Å². The highest BCUT2D eigenvalue weighted by Gasteiger charge is 2.21. The van der Waals surface area contributed by atoms with Gasteiger partial charge in [0.15, 0.2) is 0 Å². The third kappa shape index (κ3) is 5.06. The van der Waals surface area contributed by atoms with Crippen LogP contribution in [0.15, 0.2) is 47.0 Å². The van der Waals surface area contributed by atoms with Crippen LogP contribution in [0.2, 0.25) is 5.02 Å². The quantitative estimate of drug-likeness (QED) is 0.603. The molecule has 3 aromatic rings. The maximum Gasteiger partial charge on any atom is 0.255 e. The molecule has 1 saturated heterocycles. The summed E-state index contributed by atoms with van der Waals surface area (Å²) in [7, 11) is 0. The van der Waals surface area contributed by atoms with Gasteiger partial charge in [-0.1, -0.05) is 54.9 Å². The number of carbonyl (C=O) groups is 1. The van der Waals surface area contributed by atoms with Crippen molar-refractivity contribution < 1.29 is 14.1 Å². The van der Waals surface area contributed by atoms with Gasteiger partial charge in [-0.25, -0.2) is 0 Å². The molecule has 0 spiro atoms. The summed E-state index contributed by atoms with van der Waals surface area (Å²) in [5, 5.41) is 7.68. The van der Waals surface area contributed by atoms with Gasteiger partial charge in [0.1, 0.15) is 0 Å². The van der Waals surface area contributed by atoms with E-state index in [1.165, 1.54) is 5.56 Å². The molecule has 0 radical (unpaired) electrons. The van der Waals surface area contributed by atoms with E-state index in [4.69, 9.17) is 20.9 Å². The molecule has 31 heavy (non-hydrogen) atoms. The summed E-state index contributed by atoms with van der Waals surface area (Å²) < 4.78 is 10.7. The predicted molar refractivity (Wildman–Crippen MR) is 119 cm³/mol. The van der Waals surface area contributed by atoms with Crippen LogP contribution in [0.1, 0.15) is 41.6 Å². The fourth-order valence-corrected chi connectivity index (χ4v) is 3.64. The maximum absolute atomic E-state index is 12.6. The molecule has 0 atom stereocenters. The minimum Gasteiger partial charge on any atom is -0.378 e. The number of amides is 1. The number of ether oxygens (including phenoxy) is 1. The van der Waals surface area contributed by atoms with Crippen molar-refractivity contribution in [2.45, 2.75) is 26.3 Å². The number of nitrogens with zero attached hydrogens (tertiary/aromatic N) is 3. The highest BCUT2D eigenvalue weighted by molar-refractivity contribution is 6.34. The Morgan fingerprint density at radius 2 is 1.90 bits per heavy atom.